The molecule has 0 aromatic heterocycles. The van der Waals surface area contributed by atoms with Gasteiger partial charge in [0.15, 0.2) is 0 Å². The second kappa shape index (κ2) is 4.34. The molecule has 16 heavy (non-hydrogen) atoms. The maximum atomic E-state index is 5.85. The minimum atomic E-state index is 0.868. The first-order valence-electron chi connectivity index (χ1n) is 5.88. The van der Waals surface area contributed by atoms with Crippen LogP contribution >= 0.6 is 0 Å². The van der Waals surface area contributed by atoms with Gasteiger partial charge in [-0.25, -0.2) is 0 Å². The van der Waals surface area contributed by atoms with Crippen molar-refractivity contribution in [3.63, 3.8) is 0 Å². The molecule has 1 heterocycles. The molecule has 0 bridgehead atoms. The minimum Gasteiger partial charge on any atom is -0.399 e. The van der Waals surface area contributed by atoms with Crippen LogP contribution in [0.15, 0.2) is 12.1 Å². The van der Waals surface area contributed by atoms with E-state index in [1.807, 2.05) is 0 Å². The molecule has 88 valence electrons. The fraction of sp³-hybridized carbons (Fsp3) is 0.538. The lowest BCUT2D eigenvalue weighted by molar-refractivity contribution is 0.312. The molecule has 0 atom stereocenters. The maximum absolute atomic E-state index is 5.85. The van der Waals surface area contributed by atoms with E-state index in [9.17, 15) is 0 Å². The summed E-state index contributed by atoms with van der Waals surface area (Å²) in [6, 6.07) is 4.14. The Morgan fingerprint density at radius 2 is 1.50 bits per heavy atom. The average molecular weight is 219 g/mol. The summed E-state index contributed by atoms with van der Waals surface area (Å²) >= 11 is 0. The van der Waals surface area contributed by atoms with Crippen molar-refractivity contribution in [3.05, 3.63) is 23.3 Å². The smallest absolute Gasteiger partial charge is 0.0428 e. The summed E-state index contributed by atoms with van der Waals surface area (Å²) in [7, 11) is 2.18. The first-order valence-corrected chi connectivity index (χ1v) is 5.88. The molecular weight excluding hydrogens is 198 g/mol. The van der Waals surface area contributed by atoms with Crippen molar-refractivity contribution in [2.45, 2.75) is 13.8 Å². The van der Waals surface area contributed by atoms with Crippen molar-refractivity contribution in [2.24, 2.45) is 0 Å². The quantitative estimate of drug-likeness (QED) is 0.729. The van der Waals surface area contributed by atoms with Gasteiger partial charge in [-0.1, -0.05) is 0 Å². The fourth-order valence-corrected chi connectivity index (χ4v) is 2.52. The third kappa shape index (κ3) is 2.14. The molecule has 0 unspecified atom stereocenters. The highest BCUT2D eigenvalue weighted by Crippen LogP contribution is 2.27. The second-order valence-corrected chi connectivity index (χ2v) is 4.79. The highest BCUT2D eigenvalue weighted by Gasteiger charge is 2.17. The van der Waals surface area contributed by atoms with Crippen LogP contribution in [0.1, 0.15) is 11.1 Å². The molecule has 3 heteroatoms. The molecule has 0 amide bonds. The average Bonchev–Trinajstić information content (AvgIpc) is 2.19. The van der Waals surface area contributed by atoms with Gasteiger partial charge in [-0.2, -0.15) is 0 Å². The Morgan fingerprint density at radius 1 is 1.00 bits per heavy atom. The van der Waals surface area contributed by atoms with E-state index in [2.05, 4.69) is 42.8 Å². The zero-order valence-electron chi connectivity index (χ0n) is 10.5. The van der Waals surface area contributed by atoms with Gasteiger partial charge in [0.2, 0.25) is 0 Å². The Kier molecular flexibility index (Phi) is 3.06. The number of aryl methyl sites for hydroxylation is 2. The van der Waals surface area contributed by atoms with E-state index in [1.54, 1.807) is 0 Å². The zero-order chi connectivity index (χ0) is 11.7. The highest BCUT2D eigenvalue weighted by molar-refractivity contribution is 5.64. The van der Waals surface area contributed by atoms with E-state index in [4.69, 9.17) is 5.73 Å². The number of benzene rings is 1. The molecule has 0 spiro atoms. The number of likely N-dealkylation sites (N-methyl/N-ethyl adjacent to an activating group) is 1. The molecule has 1 saturated heterocycles. The van der Waals surface area contributed by atoms with Gasteiger partial charge in [0, 0.05) is 37.6 Å². The largest absolute Gasteiger partial charge is 0.399 e. The van der Waals surface area contributed by atoms with Crippen LogP contribution in [-0.4, -0.2) is 38.1 Å². The topological polar surface area (TPSA) is 32.5 Å². The first-order chi connectivity index (χ1) is 7.58. The molecule has 0 saturated carbocycles. The van der Waals surface area contributed by atoms with E-state index >= 15 is 0 Å². The van der Waals surface area contributed by atoms with Crippen LogP contribution in [-0.2, 0) is 0 Å². The van der Waals surface area contributed by atoms with E-state index in [0.717, 1.165) is 31.9 Å². The number of hydrogen-bond acceptors (Lipinski definition) is 3. The van der Waals surface area contributed by atoms with E-state index in [1.165, 1.54) is 16.8 Å². The van der Waals surface area contributed by atoms with Crippen LogP contribution in [0, 0.1) is 13.8 Å². The van der Waals surface area contributed by atoms with Crippen molar-refractivity contribution < 1.29 is 0 Å². The molecule has 1 aromatic carbocycles. The molecule has 0 radical (unpaired) electrons. The van der Waals surface area contributed by atoms with E-state index in [0.29, 0.717) is 0 Å². The van der Waals surface area contributed by atoms with Crippen molar-refractivity contribution in [2.75, 3.05) is 43.9 Å². The highest BCUT2D eigenvalue weighted by atomic mass is 15.2. The van der Waals surface area contributed by atoms with Crippen molar-refractivity contribution in [1.82, 2.24) is 4.90 Å². The van der Waals surface area contributed by atoms with Crippen LogP contribution in [0.25, 0.3) is 0 Å². The lowest BCUT2D eigenvalue weighted by atomic mass is 10.1. The van der Waals surface area contributed by atoms with Gasteiger partial charge in [0.25, 0.3) is 0 Å². The van der Waals surface area contributed by atoms with Crippen LogP contribution < -0.4 is 10.6 Å². The lowest BCUT2D eigenvalue weighted by Crippen LogP contribution is -2.45. The van der Waals surface area contributed by atoms with Crippen molar-refractivity contribution in [1.29, 1.82) is 0 Å². The molecule has 1 aliphatic heterocycles. The van der Waals surface area contributed by atoms with Gasteiger partial charge in [0.1, 0.15) is 0 Å². The maximum Gasteiger partial charge on any atom is 0.0428 e. The first kappa shape index (κ1) is 11.3. The molecule has 0 aliphatic carbocycles. The van der Waals surface area contributed by atoms with Crippen molar-refractivity contribution in [3.8, 4) is 0 Å². The van der Waals surface area contributed by atoms with Gasteiger partial charge >= 0.3 is 0 Å². The Hall–Kier alpha value is -1.22. The molecule has 2 N–H and O–H groups in total. The Balaban J connectivity index is 2.26. The summed E-state index contributed by atoms with van der Waals surface area (Å²) in [4.78, 5) is 4.85. The van der Waals surface area contributed by atoms with Crippen LogP contribution in [0.3, 0.4) is 0 Å². The normalized spacial score (nSPS) is 17.8. The Bertz CT molecular complexity index is 356. The van der Waals surface area contributed by atoms with Gasteiger partial charge in [-0.05, 0) is 44.2 Å². The van der Waals surface area contributed by atoms with Crippen LogP contribution in [0.5, 0.6) is 0 Å². The number of nitrogens with zero attached hydrogens (tertiary/aromatic N) is 2. The van der Waals surface area contributed by atoms with E-state index < -0.39 is 0 Å². The number of anilines is 2. The molecule has 1 fully saturated rings. The third-order valence-electron chi connectivity index (χ3n) is 3.33. The lowest BCUT2D eigenvalue weighted by Gasteiger charge is -2.36. The van der Waals surface area contributed by atoms with Crippen LogP contribution in [0.4, 0.5) is 11.4 Å². The predicted octanol–water partition coefficient (Wildman–Crippen LogP) is 1.64. The number of piperazine rings is 1. The van der Waals surface area contributed by atoms with Crippen LogP contribution in [0.2, 0.25) is 0 Å². The molecule has 2 rings (SSSR count). The fourth-order valence-electron chi connectivity index (χ4n) is 2.52. The molecular formula is C13H21N3. The number of nitrogens with two attached hydrogens (primary N) is 1. The van der Waals surface area contributed by atoms with Gasteiger partial charge in [0.05, 0.1) is 0 Å². The summed E-state index contributed by atoms with van der Waals surface area (Å²) < 4.78 is 0. The van der Waals surface area contributed by atoms with Gasteiger partial charge in [-0.3, -0.25) is 0 Å². The van der Waals surface area contributed by atoms with Gasteiger partial charge in [-0.15, -0.1) is 0 Å². The number of hydrogen-bond donors (Lipinski definition) is 1. The molecule has 1 aliphatic rings. The Labute approximate surface area is 97.8 Å². The number of rotatable bonds is 1. The zero-order valence-corrected chi connectivity index (χ0v) is 10.5. The predicted molar refractivity (Wildman–Crippen MR) is 70.0 cm³/mol. The SMILES string of the molecule is Cc1cc(N)cc(C)c1N1CCN(C)CC1. The second-order valence-electron chi connectivity index (χ2n) is 4.79. The van der Waals surface area contributed by atoms with E-state index in [-0.39, 0.29) is 0 Å². The number of nitrogen functional groups attached to an aromatic ring is 1. The summed E-state index contributed by atoms with van der Waals surface area (Å²) in [6.07, 6.45) is 0. The Morgan fingerprint density at radius 3 is 2.00 bits per heavy atom. The summed E-state index contributed by atoms with van der Waals surface area (Å²) in [5, 5.41) is 0. The summed E-state index contributed by atoms with van der Waals surface area (Å²) in [6.45, 7) is 8.81. The summed E-state index contributed by atoms with van der Waals surface area (Å²) in [5.41, 5.74) is 10.7. The standard InChI is InChI=1S/C13H21N3/c1-10-8-12(14)9-11(2)13(10)16-6-4-15(3)5-7-16/h8-9H,4-7,14H2,1-3H3. The molecule has 1 aromatic rings. The summed E-state index contributed by atoms with van der Waals surface area (Å²) in [5.74, 6) is 0. The molecule has 3 nitrogen and oxygen atoms in total. The monoisotopic (exact) mass is 219 g/mol. The van der Waals surface area contributed by atoms with Crippen molar-refractivity contribution >= 4 is 11.4 Å². The van der Waals surface area contributed by atoms with Gasteiger partial charge < -0.3 is 15.5 Å². The minimum absolute atomic E-state index is 0.868. The third-order valence-corrected chi connectivity index (χ3v) is 3.33.